The van der Waals surface area contributed by atoms with Crippen LogP contribution in [0.4, 0.5) is 0 Å². The molecule has 0 spiro atoms. The monoisotopic (exact) mass is 388 g/mol. The Bertz CT molecular complexity index is 703. The highest BCUT2D eigenvalue weighted by Crippen LogP contribution is 2.17. The molecule has 1 aromatic heterocycles. The molecule has 0 aliphatic rings. The van der Waals surface area contributed by atoms with Crippen LogP contribution in [0, 0.1) is 0 Å². The summed E-state index contributed by atoms with van der Waals surface area (Å²) in [6.45, 7) is 0.286. The number of rotatable bonds is 5. The van der Waals surface area contributed by atoms with Crippen molar-refractivity contribution < 1.29 is 8.42 Å². The highest BCUT2D eigenvalue weighted by atomic mass is 79.9. The summed E-state index contributed by atoms with van der Waals surface area (Å²) in [6.07, 6.45) is 1.48. The summed E-state index contributed by atoms with van der Waals surface area (Å²) >= 11 is 9.02. The second kappa shape index (κ2) is 6.87. The van der Waals surface area contributed by atoms with Crippen LogP contribution in [0.5, 0.6) is 0 Å². The molecule has 0 N–H and O–H groups in total. The molecule has 0 fully saturated rings. The second-order valence-corrected chi connectivity index (χ2v) is 7.70. The highest BCUT2D eigenvalue weighted by molar-refractivity contribution is 9.10. The minimum Gasteiger partial charge on any atom is -0.243 e. The number of pyridine rings is 1. The standard InChI is InChI=1S/C14H14BrClN2O2S/c1-18(10-11-2-5-13(15)6-3-11)21(19,20)14-7-4-12(8-16)9-17-14/h2-7,9H,8,10H2,1H3. The number of hydrogen-bond acceptors (Lipinski definition) is 3. The van der Waals surface area contributed by atoms with Gasteiger partial charge in [-0.1, -0.05) is 34.1 Å². The first-order valence-electron chi connectivity index (χ1n) is 6.15. The predicted molar refractivity (Wildman–Crippen MR) is 86.6 cm³/mol. The van der Waals surface area contributed by atoms with Crippen LogP contribution in [0.15, 0.2) is 52.1 Å². The Morgan fingerprint density at radius 1 is 1.14 bits per heavy atom. The Balaban J connectivity index is 2.19. The van der Waals surface area contributed by atoms with Gasteiger partial charge in [0, 0.05) is 30.1 Å². The molecular formula is C14H14BrClN2O2S. The Morgan fingerprint density at radius 3 is 2.29 bits per heavy atom. The van der Waals surface area contributed by atoms with Crippen LogP contribution in [-0.4, -0.2) is 24.8 Å². The smallest absolute Gasteiger partial charge is 0.243 e. The van der Waals surface area contributed by atoms with Gasteiger partial charge in [-0.15, -0.1) is 11.6 Å². The molecule has 4 nitrogen and oxygen atoms in total. The molecule has 7 heteroatoms. The number of hydrogen-bond donors (Lipinski definition) is 0. The van der Waals surface area contributed by atoms with Gasteiger partial charge in [-0.3, -0.25) is 0 Å². The number of alkyl halides is 1. The maximum absolute atomic E-state index is 12.4. The lowest BCUT2D eigenvalue weighted by molar-refractivity contribution is 0.464. The van der Waals surface area contributed by atoms with E-state index in [9.17, 15) is 8.42 Å². The lowest BCUT2D eigenvalue weighted by atomic mass is 10.2. The maximum Gasteiger partial charge on any atom is 0.260 e. The van der Waals surface area contributed by atoms with Gasteiger partial charge < -0.3 is 0 Å². The van der Waals surface area contributed by atoms with Crippen molar-refractivity contribution in [1.82, 2.24) is 9.29 Å². The number of sulfonamides is 1. The van der Waals surface area contributed by atoms with Gasteiger partial charge in [0.1, 0.15) is 0 Å². The van der Waals surface area contributed by atoms with Crippen molar-refractivity contribution in [2.24, 2.45) is 0 Å². The highest BCUT2D eigenvalue weighted by Gasteiger charge is 2.22. The van der Waals surface area contributed by atoms with Crippen LogP contribution in [0.2, 0.25) is 0 Å². The second-order valence-electron chi connectivity index (χ2n) is 4.53. The predicted octanol–water partition coefficient (Wildman–Crippen LogP) is 3.40. The minimum atomic E-state index is -3.60. The van der Waals surface area contributed by atoms with E-state index in [-0.39, 0.29) is 11.6 Å². The first-order valence-corrected chi connectivity index (χ1v) is 8.92. The molecule has 2 rings (SSSR count). The molecule has 112 valence electrons. The van der Waals surface area contributed by atoms with Gasteiger partial charge in [0.2, 0.25) is 0 Å². The molecule has 0 atom stereocenters. The van der Waals surface area contributed by atoms with Crippen molar-refractivity contribution in [2.75, 3.05) is 7.05 Å². The van der Waals surface area contributed by atoms with Crippen LogP contribution in [0.3, 0.4) is 0 Å². The van der Waals surface area contributed by atoms with Gasteiger partial charge in [0.15, 0.2) is 5.03 Å². The van der Waals surface area contributed by atoms with Crippen LogP contribution in [0.1, 0.15) is 11.1 Å². The molecule has 1 aromatic carbocycles. The van der Waals surface area contributed by atoms with Crippen molar-refractivity contribution >= 4 is 37.6 Å². The zero-order valence-electron chi connectivity index (χ0n) is 11.3. The van der Waals surface area contributed by atoms with E-state index in [0.717, 1.165) is 15.6 Å². The molecule has 0 radical (unpaired) electrons. The van der Waals surface area contributed by atoms with Crippen molar-refractivity contribution in [3.8, 4) is 0 Å². The summed E-state index contributed by atoms with van der Waals surface area (Å²) in [6, 6.07) is 10.7. The number of benzene rings is 1. The molecule has 0 saturated carbocycles. The normalized spacial score (nSPS) is 11.8. The molecular weight excluding hydrogens is 376 g/mol. The molecule has 1 heterocycles. The van der Waals surface area contributed by atoms with Gasteiger partial charge in [-0.2, -0.15) is 4.31 Å². The quantitative estimate of drug-likeness (QED) is 0.736. The molecule has 0 saturated heterocycles. The maximum atomic E-state index is 12.4. The van der Waals surface area contributed by atoms with Gasteiger partial charge in [0.05, 0.1) is 0 Å². The third kappa shape index (κ3) is 4.03. The van der Waals surface area contributed by atoms with Crippen molar-refractivity contribution in [3.63, 3.8) is 0 Å². The minimum absolute atomic E-state index is 0.0241. The zero-order chi connectivity index (χ0) is 15.5. The third-order valence-corrected chi connectivity index (χ3v) is 5.50. The molecule has 0 unspecified atom stereocenters. The van der Waals surface area contributed by atoms with Crippen LogP contribution in [0.25, 0.3) is 0 Å². The Kier molecular flexibility index (Phi) is 5.37. The molecule has 0 aliphatic carbocycles. The molecule has 0 bridgehead atoms. The Labute approximate surface area is 137 Å². The summed E-state index contributed by atoms with van der Waals surface area (Å²) in [5.74, 6) is 0.308. The summed E-state index contributed by atoms with van der Waals surface area (Å²) in [5.41, 5.74) is 1.69. The van der Waals surface area contributed by atoms with Crippen LogP contribution >= 0.6 is 27.5 Å². The van der Waals surface area contributed by atoms with E-state index in [0.29, 0.717) is 5.88 Å². The fraction of sp³-hybridized carbons (Fsp3) is 0.214. The van der Waals surface area contributed by atoms with Crippen molar-refractivity contribution in [3.05, 3.63) is 58.2 Å². The average Bonchev–Trinajstić information content (AvgIpc) is 2.49. The molecule has 0 aliphatic heterocycles. The summed E-state index contributed by atoms with van der Waals surface area (Å²) in [7, 11) is -2.07. The van der Waals surface area contributed by atoms with E-state index in [2.05, 4.69) is 20.9 Å². The van der Waals surface area contributed by atoms with Gasteiger partial charge in [-0.25, -0.2) is 13.4 Å². The fourth-order valence-corrected chi connectivity index (χ4v) is 3.22. The average molecular weight is 390 g/mol. The van der Waals surface area contributed by atoms with Crippen LogP contribution in [-0.2, 0) is 22.4 Å². The van der Waals surface area contributed by atoms with E-state index in [1.165, 1.54) is 23.6 Å². The van der Waals surface area contributed by atoms with E-state index >= 15 is 0 Å². The van der Waals surface area contributed by atoms with Gasteiger partial charge in [-0.05, 0) is 29.3 Å². The SMILES string of the molecule is CN(Cc1ccc(Br)cc1)S(=O)(=O)c1ccc(CCl)cn1. The number of aromatic nitrogens is 1. The Morgan fingerprint density at radius 2 is 1.76 bits per heavy atom. The van der Waals surface area contributed by atoms with E-state index < -0.39 is 10.0 Å². The van der Waals surface area contributed by atoms with Gasteiger partial charge in [0.25, 0.3) is 10.0 Å². The summed E-state index contributed by atoms with van der Waals surface area (Å²) in [4.78, 5) is 3.98. The summed E-state index contributed by atoms with van der Waals surface area (Å²) in [5, 5.41) is 0.0241. The number of nitrogens with zero attached hydrogens (tertiary/aromatic N) is 2. The number of halogens is 2. The molecule has 21 heavy (non-hydrogen) atoms. The van der Waals surface area contributed by atoms with E-state index in [4.69, 9.17) is 11.6 Å². The fourth-order valence-electron chi connectivity index (χ4n) is 1.73. The first kappa shape index (κ1) is 16.4. The molecule has 2 aromatic rings. The van der Waals surface area contributed by atoms with Gasteiger partial charge >= 0.3 is 0 Å². The van der Waals surface area contributed by atoms with Crippen molar-refractivity contribution in [1.29, 1.82) is 0 Å². The van der Waals surface area contributed by atoms with Crippen LogP contribution < -0.4 is 0 Å². The van der Waals surface area contributed by atoms with E-state index in [1.54, 1.807) is 6.07 Å². The third-order valence-electron chi connectivity index (χ3n) is 2.95. The topological polar surface area (TPSA) is 50.3 Å². The lowest BCUT2D eigenvalue weighted by Gasteiger charge is -2.16. The lowest BCUT2D eigenvalue weighted by Crippen LogP contribution is -2.27. The summed E-state index contributed by atoms with van der Waals surface area (Å²) < 4.78 is 27.1. The largest absolute Gasteiger partial charge is 0.260 e. The van der Waals surface area contributed by atoms with Crippen molar-refractivity contribution in [2.45, 2.75) is 17.5 Å². The van der Waals surface area contributed by atoms with E-state index in [1.807, 2.05) is 24.3 Å². The molecule has 0 amide bonds. The zero-order valence-corrected chi connectivity index (χ0v) is 14.5. The Hall–Kier alpha value is -0.950. The first-order chi connectivity index (χ1) is 9.93.